The number of rotatable bonds is 16. The van der Waals surface area contributed by atoms with E-state index in [9.17, 15) is 0 Å². The lowest BCUT2D eigenvalue weighted by Crippen LogP contribution is -3.00. The molecule has 0 spiro atoms. The SMILES string of the molecule is CCCCCCCCCCCCOc1ccc(/C=C/C2=[N+](CCCl)CCO2)cc1.[Cl-]. The Balaban J connectivity index is 0.00000450. The molecule has 0 radical (unpaired) electrons. The summed E-state index contributed by atoms with van der Waals surface area (Å²) in [6.07, 6.45) is 17.6. The zero-order chi connectivity index (χ0) is 20.6. The Hall–Kier alpha value is -1.19. The monoisotopic (exact) mass is 455 g/mol. The van der Waals surface area contributed by atoms with E-state index < -0.39 is 0 Å². The summed E-state index contributed by atoms with van der Waals surface area (Å²) in [6.45, 7) is 5.56. The maximum atomic E-state index is 5.88. The molecule has 1 aromatic rings. The van der Waals surface area contributed by atoms with Crippen molar-refractivity contribution in [3.05, 3.63) is 35.9 Å². The third-order valence-corrected chi connectivity index (χ3v) is 5.51. The van der Waals surface area contributed by atoms with Gasteiger partial charge < -0.3 is 21.9 Å². The second-order valence-corrected chi connectivity index (χ2v) is 8.17. The van der Waals surface area contributed by atoms with Gasteiger partial charge in [-0.25, -0.2) is 0 Å². The number of hydrogen-bond donors (Lipinski definition) is 0. The highest BCUT2D eigenvalue weighted by Crippen LogP contribution is 2.15. The average molecular weight is 456 g/mol. The lowest BCUT2D eigenvalue weighted by atomic mass is 10.1. The Bertz CT molecular complexity index is 614. The molecule has 0 atom stereocenters. The Kier molecular flexibility index (Phi) is 15.6. The predicted molar refractivity (Wildman–Crippen MR) is 124 cm³/mol. The van der Waals surface area contributed by atoms with Crippen molar-refractivity contribution in [2.75, 3.05) is 32.2 Å². The zero-order valence-corrected chi connectivity index (χ0v) is 20.1. The van der Waals surface area contributed by atoms with Crippen molar-refractivity contribution in [3.63, 3.8) is 0 Å². The molecule has 2 rings (SSSR count). The quantitative estimate of drug-likeness (QED) is 0.215. The van der Waals surface area contributed by atoms with Crippen LogP contribution >= 0.6 is 11.6 Å². The molecular formula is C25H39Cl2NO2. The normalized spacial score (nSPS) is 13.5. The second kappa shape index (κ2) is 17.5. The minimum atomic E-state index is 0. The van der Waals surface area contributed by atoms with Crippen LogP contribution in [-0.4, -0.2) is 42.7 Å². The van der Waals surface area contributed by atoms with E-state index in [-0.39, 0.29) is 12.4 Å². The highest BCUT2D eigenvalue weighted by Gasteiger charge is 2.20. The van der Waals surface area contributed by atoms with E-state index in [2.05, 4.69) is 29.7 Å². The molecule has 1 aliphatic rings. The first-order valence-electron chi connectivity index (χ1n) is 11.5. The van der Waals surface area contributed by atoms with Crippen LogP contribution in [0, 0.1) is 0 Å². The lowest BCUT2D eigenvalue weighted by Gasteiger charge is -2.06. The molecule has 0 N–H and O–H groups in total. The highest BCUT2D eigenvalue weighted by molar-refractivity contribution is 6.18. The van der Waals surface area contributed by atoms with Crippen LogP contribution in [0.5, 0.6) is 5.75 Å². The Morgan fingerprint density at radius 2 is 1.57 bits per heavy atom. The van der Waals surface area contributed by atoms with Crippen molar-refractivity contribution in [2.45, 2.75) is 71.1 Å². The van der Waals surface area contributed by atoms with Gasteiger partial charge in [-0.1, -0.05) is 76.8 Å². The van der Waals surface area contributed by atoms with Gasteiger partial charge in [-0.2, -0.15) is 4.58 Å². The van der Waals surface area contributed by atoms with Gasteiger partial charge in [0, 0.05) is 0 Å². The first kappa shape index (κ1) is 26.8. The summed E-state index contributed by atoms with van der Waals surface area (Å²) >= 11 is 5.84. The topological polar surface area (TPSA) is 21.5 Å². The van der Waals surface area contributed by atoms with Crippen LogP contribution < -0.4 is 17.1 Å². The first-order chi connectivity index (χ1) is 14.3. The third-order valence-electron chi connectivity index (χ3n) is 5.34. The van der Waals surface area contributed by atoms with Gasteiger partial charge in [0.15, 0.2) is 19.7 Å². The van der Waals surface area contributed by atoms with E-state index in [0.717, 1.165) is 49.9 Å². The zero-order valence-electron chi connectivity index (χ0n) is 18.6. The second-order valence-electron chi connectivity index (χ2n) is 7.80. The Morgan fingerprint density at radius 1 is 0.933 bits per heavy atom. The highest BCUT2D eigenvalue weighted by atomic mass is 35.5. The number of nitrogens with zero attached hydrogens (tertiary/aromatic N) is 1. The maximum Gasteiger partial charge on any atom is 0.362 e. The van der Waals surface area contributed by atoms with E-state index in [1.165, 1.54) is 57.8 Å². The molecule has 5 heteroatoms. The Labute approximate surface area is 194 Å². The first-order valence-corrected chi connectivity index (χ1v) is 12.1. The maximum absolute atomic E-state index is 5.88. The Morgan fingerprint density at radius 3 is 2.20 bits per heavy atom. The minimum absolute atomic E-state index is 0. The fraction of sp³-hybridized carbons (Fsp3) is 0.640. The number of alkyl halides is 1. The van der Waals surface area contributed by atoms with E-state index in [1.807, 2.05) is 18.2 Å². The summed E-state index contributed by atoms with van der Waals surface area (Å²) in [5.41, 5.74) is 1.14. The van der Waals surface area contributed by atoms with Gasteiger partial charge in [0.05, 0.1) is 18.6 Å². The molecule has 1 aliphatic heterocycles. The third kappa shape index (κ3) is 11.3. The smallest absolute Gasteiger partial charge is 0.362 e. The number of hydrogen-bond acceptors (Lipinski definition) is 2. The largest absolute Gasteiger partial charge is 1.00 e. The molecule has 0 amide bonds. The number of halogens is 2. The minimum Gasteiger partial charge on any atom is -1.00 e. The van der Waals surface area contributed by atoms with Gasteiger partial charge in [-0.3, -0.25) is 0 Å². The molecule has 0 saturated heterocycles. The van der Waals surface area contributed by atoms with Gasteiger partial charge >= 0.3 is 5.90 Å². The van der Waals surface area contributed by atoms with E-state index in [4.69, 9.17) is 21.1 Å². The van der Waals surface area contributed by atoms with Crippen molar-refractivity contribution in [3.8, 4) is 5.75 Å². The molecule has 1 heterocycles. The van der Waals surface area contributed by atoms with E-state index in [0.29, 0.717) is 5.88 Å². The molecule has 0 aromatic heterocycles. The molecule has 3 nitrogen and oxygen atoms in total. The molecule has 0 aliphatic carbocycles. The lowest BCUT2D eigenvalue weighted by molar-refractivity contribution is -0.512. The molecule has 0 bridgehead atoms. The molecule has 0 saturated carbocycles. The summed E-state index contributed by atoms with van der Waals surface area (Å²) in [5, 5.41) is 0. The van der Waals surface area contributed by atoms with Gasteiger partial charge in [-0.05, 0) is 30.2 Å². The van der Waals surface area contributed by atoms with Crippen LogP contribution in [0.15, 0.2) is 30.3 Å². The fourth-order valence-electron chi connectivity index (χ4n) is 3.56. The van der Waals surface area contributed by atoms with Crippen LogP contribution in [0.25, 0.3) is 6.08 Å². The summed E-state index contributed by atoms with van der Waals surface area (Å²) in [5.74, 6) is 2.48. The molecule has 0 unspecified atom stereocenters. The number of ether oxygens (including phenoxy) is 2. The summed E-state index contributed by atoms with van der Waals surface area (Å²) < 4.78 is 13.7. The number of unbranched alkanes of at least 4 members (excludes halogenated alkanes) is 9. The van der Waals surface area contributed by atoms with E-state index >= 15 is 0 Å². The van der Waals surface area contributed by atoms with Crippen LogP contribution in [0.4, 0.5) is 0 Å². The van der Waals surface area contributed by atoms with Gasteiger partial charge in [0.1, 0.15) is 5.75 Å². The van der Waals surface area contributed by atoms with Crippen molar-refractivity contribution in [1.82, 2.24) is 0 Å². The van der Waals surface area contributed by atoms with Crippen molar-refractivity contribution < 1.29 is 26.5 Å². The fourth-order valence-corrected chi connectivity index (χ4v) is 3.77. The molecule has 170 valence electrons. The van der Waals surface area contributed by atoms with E-state index in [1.54, 1.807) is 0 Å². The molecule has 1 aromatic carbocycles. The average Bonchev–Trinajstić information content (AvgIpc) is 3.19. The van der Waals surface area contributed by atoms with Crippen LogP contribution in [-0.2, 0) is 4.74 Å². The van der Waals surface area contributed by atoms with Crippen molar-refractivity contribution in [2.24, 2.45) is 0 Å². The van der Waals surface area contributed by atoms with Crippen LogP contribution in [0.1, 0.15) is 76.7 Å². The standard InChI is InChI=1S/C25H39ClNO2.ClH/c1-2-3-4-5-6-7-8-9-10-11-21-28-24-15-12-23(13-16-24)14-17-25-27(19-18-26)20-22-29-25;/h12-17H,2-11,18-22H2,1H3;1H/q+1;/p-1/b17-14+;. The molecular weight excluding hydrogens is 417 g/mol. The van der Waals surface area contributed by atoms with Gasteiger partial charge in [0.25, 0.3) is 0 Å². The van der Waals surface area contributed by atoms with Crippen LogP contribution in [0.2, 0.25) is 0 Å². The summed E-state index contributed by atoms with van der Waals surface area (Å²) in [6, 6.07) is 8.27. The predicted octanol–water partition coefficient (Wildman–Crippen LogP) is 3.68. The summed E-state index contributed by atoms with van der Waals surface area (Å²) in [4.78, 5) is 0. The van der Waals surface area contributed by atoms with Crippen molar-refractivity contribution in [1.29, 1.82) is 0 Å². The van der Waals surface area contributed by atoms with Gasteiger partial charge in [0.2, 0.25) is 0 Å². The summed E-state index contributed by atoms with van der Waals surface area (Å²) in [7, 11) is 0. The van der Waals surface area contributed by atoms with Gasteiger partial charge in [-0.15, -0.1) is 11.6 Å². The number of benzene rings is 1. The van der Waals surface area contributed by atoms with Crippen molar-refractivity contribution >= 4 is 23.6 Å². The molecule has 0 fully saturated rings. The van der Waals surface area contributed by atoms with Crippen LogP contribution in [0.3, 0.4) is 0 Å². The molecule has 30 heavy (non-hydrogen) atoms.